The topological polar surface area (TPSA) is 40.5 Å². The zero-order valence-corrected chi connectivity index (χ0v) is 20.1. The largest absolute Gasteiger partial charge is 0.393 e. The summed E-state index contributed by atoms with van der Waals surface area (Å²) in [4.78, 5) is 0. The Balaban J connectivity index is 1.56. The van der Waals surface area contributed by atoms with Crippen molar-refractivity contribution < 1.29 is 10.2 Å². The molecule has 2 N–H and O–H groups in total. The fourth-order valence-corrected chi connectivity index (χ4v) is 7.60. The molecule has 0 aliphatic heterocycles. The van der Waals surface area contributed by atoms with Gasteiger partial charge in [-0.2, -0.15) is 0 Å². The lowest BCUT2D eigenvalue weighted by molar-refractivity contribution is 0.0370. The van der Waals surface area contributed by atoms with Crippen LogP contribution in [0.1, 0.15) is 86.5 Å². The Morgan fingerprint density at radius 3 is 2.43 bits per heavy atom. The van der Waals surface area contributed by atoms with E-state index in [-0.39, 0.29) is 17.4 Å². The lowest BCUT2D eigenvalue weighted by atomic mass is 9.50. The molecule has 0 spiro atoms. The van der Waals surface area contributed by atoms with Crippen LogP contribution < -0.4 is 0 Å². The van der Waals surface area contributed by atoms with E-state index in [1.807, 2.05) is 13.8 Å². The van der Waals surface area contributed by atoms with E-state index in [1.165, 1.54) is 31.3 Å². The van der Waals surface area contributed by atoms with Crippen LogP contribution in [0.3, 0.4) is 0 Å². The monoisotopic (exact) mass is 412 g/mol. The van der Waals surface area contributed by atoms with E-state index in [0.29, 0.717) is 23.2 Å². The lowest BCUT2D eigenvalue weighted by Gasteiger charge is -2.55. The van der Waals surface area contributed by atoms with Crippen LogP contribution in [0.4, 0.5) is 0 Å². The molecule has 4 rings (SSSR count). The van der Waals surface area contributed by atoms with Crippen molar-refractivity contribution >= 4 is 0 Å². The summed E-state index contributed by atoms with van der Waals surface area (Å²) >= 11 is 0. The van der Waals surface area contributed by atoms with Gasteiger partial charge in [-0.15, -0.1) is 0 Å². The molecule has 8 atom stereocenters. The van der Waals surface area contributed by atoms with Crippen LogP contribution in [-0.4, -0.2) is 21.9 Å². The first-order valence-corrected chi connectivity index (χ1v) is 12.5. The van der Waals surface area contributed by atoms with Crippen molar-refractivity contribution in [2.24, 2.45) is 40.4 Å². The molecular weight excluding hydrogens is 368 g/mol. The molecule has 0 aromatic heterocycles. The summed E-state index contributed by atoms with van der Waals surface area (Å²) < 4.78 is 0. The number of aliphatic hydroxyl groups excluding tert-OH is 1. The molecule has 3 saturated carbocycles. The predicted octanol–water partition coefficient (Wildman–Crippen LogP) is 6.45. The molecule has 0 bridgehead atoms. The van der Waals surface area contributed by atoms with Crippen molar-refractivity contribution in [1.82, 2.24) is 0 Å². The highest BCUT2D eigenvalue weighted by Crippen LogP contribution is 2.65. The lowest BCUT2D eigenvalue weighted by Crippen LogP contribution is -2.46. The average Bonchev–Trinajstić information content (AvgIpc) is 3.03. The highest BCUT2D eigenvalue weighted by atomic mass is 16.3. The third-order valence-corrected chi connectivity index (χ3v) is 10.1. The average molecular weight is 413 g/mol. The van der Waals surface area contributed by atoms with Gasteiger partial charge in [0.15, 0.2) is 0 Å². The quantitative estimate of drug-likeness (QED) is 0.521. The van der Waals surface area contributed by atoms with Gasteiger partial charge in [0.05, 0.1) is 11.7 Å². The Bertz CT molecular complexity index is 753. The maximum Gasteiger partial charge on any atom is 0.0651 e. The first kappa shape index (κ1) is 22.3. The zero-order chi connectivity index (χ0) is 21.9. The molecule has 0 heterocycles. The number of aliphatic hydroxyl groups is 2. The molecule has 4 aliphatic carbocycles. The number of allylic oxidation sites excluding steroid dienone is 4. The van der Waals surface area contributed by atoms with Gasteiger partial charge in [0.1, 0.15) is 0 Å². The molecule has 1 unspecified atom stereocenters. The Kier molecular flexibility index (Phi) is 5.68. The molecule has 0 aromatic rings. The summed E-state index contributed by atoms with van der Waals surface area (Å²) in [5.41, 5.74) is 3.24. The number of rotatable bonds is 4. The Morgan fingerprint density at radius 2 is 1.73 bits per heavy atom. The van der Waals surface area contributed by atoms with Crippen molar-refractivity contribution in [2.75, 3.05) is 0 Å². The van der Waals surface area contributed by atoms with E-state index < -0.39 is 5.60 Å². The van der Waals surface area contributed by atoms with Gasteiger partial charge in [0.25, 0.3) is 0 Å². The first-order chi connectivity index (χ1) is 14.0. The minimum atomic E-state index is -0.656. The molecule has 2 heteroatoms. The minimum Gasteiger partial charge on any atom is -0.393 e. The molecule has 0 radical (unpaired) electrons. The van der Waals surface area contributed by atoms with Gasteiger partial charge >= 0.3 is 0 Å². The summed E-state index contributed by atoms with van der Waals surface area (Å²) in [6, 6.07) is 0. The molecule has 0 aromatic carbocycles. The molecule has 0 saturated heterocycles. The molecule has 2 nitrogen and oxygen atoms in total. The van der Waals surface area contributed by atoms with Crippen LogP contribution in [0.2, 0.25) is 0 Å². The van der Waals surface area contributed by atoms with Crippen LogP contribution in [0.15, 0.2) is 35.5 Å². The predicted molar refractivity (Wildman–Crippen MR) is 125 cm³/mol. The van der Waals surface area contributed by atoms with Gasteiger partial charge in [-0.25, -0.2) is 0 Å². The second-order valence-electron chi connectivity index (χ2n) is 12.2. The fraction of sp³-hybridized carbons (Fsp3) is 0.786. The van der Waals surface area contributed by atoms with Crippen molar-refractivity contribution in [3.63, 3.8) is 0 Å². The highest BCUT2D eigenvalue weighted by molar-refractivity contribution is 5.39. The minimum absolute atomic E-state index is 0.136. The van der Waals surface area contributed by atoms with Crippen molar-refractivity contribution in [3.05, 3.63) is 35.5 Å². The SMILES string of the molecule is CC(C=C[C@@H](C)[C@H]1CC[C@H]2C3=CC=C4C[C@@H](O)CC[C@]4(C)[C@H]3CC[C@]12C)C(C)(C)O. The van der Waals surface area contributed by atoms with E-state index in [1.54, 1.807) is 5.57 Å². The second-order valence-corrected chi connectivity index (χ2v) is 12.2. The van der Waals surface area contributed by atoms with E-state index in [4.69, 9.17) is 0 Å². The van der Waals surface area contributed by atoms with Crippen molar-refractivity contribution in [2.45, 2.75) is 98.2 Å². The molecular formula is C28H44O2. The van der Waals surface area contributed by atoms with Crippen LogP contribution >= 0.6 is 0 Å². The molecule has 30 heavy (non-hydrogen) atoms. The summed E-state index contributed by atoms with van der Waals surface area (Å²) in [5.74, 6) is 2.85. The molecule has 3 fully saturated rings. The summed E-state index contributed by atoms with van der Waals surface area (Å²) in [6.45, 7) is 13.4. The van der Waals surface area contributed by atoms with Gasteiger partial charge in [-0.3, -0.25) is 0 Å². The van der Waals surface area contributed by atoms with Crippen LogP contribution in [-0.2, 0) is 0 Å². The first-order valence-electron chi connectivity index (χ1n) is 12.5. The molecule has 4 aliphatic rings. The standard InChI is InChI=1S/C28H44O2/c1-18(7-8-19(2)26(3,4)30)23-11-12-24-22-10-9-20-17-21(29)13-15-27(20,5)25(22)14-16-28(23,24)6/h7-10,18-19,21,23-25,29-30H,11-17H2,1-6H3/t18-,19?,21+,23-,24+,25+,27+,28-/m1/s1. The highest BCUT2D eigenvalue weighted by Gasteiger charge is 2.56. The maximum atomic E-state index is 10.3. The zero-order valence-electron chi connectivity index (χ0n) is 20.1. The number of fused-ring (bicyclic) bond motifs is 5. The normalized spacial score (nSPS) is 43.3. The van der Waals surface area contributed by atoms with Crippen molar-refractivity contribution in [3.8, 4) is 0 Å². The van der Waals surface area contributed by atoms with Crippen LogP contribution in [0.25, 0.3) is 0 Å². The van der Waals surface area contributed by atoms with Gasteiger partial charge in [0, 0.05) is 5.92 Å². The Hall–Kier alpha value is -0.860. The van der Waals surface area contributed by atoms with Crippen LogP contribution in [0.5, 0.6) is 0 Å². The maximum absolute atomic E-state index is 10.3. The Morgan fingerprint density at radius 1 is 1.00 bits per heavy atom. The van der Waals surface area contributed by atoms with Gasteiger partial charge < -0.3 is 10.2 Å². The molecule has 168 valence electrons. The smallest absolute Gasteiger partial charge is 0.0651 e. The van der Waals surface area contributed by atoms with E-state index >= 15 is 0 Å². The van der Waals surface area contributed by atoms with Gasteiger partial charge in [-0.05, 0) is 93.3 Å². The number of hydrogen-bond acceptors (Lipinski definition) is 2. The van der Waals surface area contributed by atoms with E-state index in [2.05, 4.69) is 52.0 Å². The summed E-state index contributed by atoms with van der Waals surface area (Å²) in [6.07, 6.45) is 17.6. The number of hydrogen-bond donors (Lipinski definition) is 2. The summed E-state index contributed by atoms with van der Waals surface area (Å²) in [7, 11) is 0. The van der Waals surface area contributed by atoms with Gasteiger partial charge in [0.2, 0.25) is 0 Å². The third-order valence-electron chi connectivity index (χ3n) is 10.1. The third kappa shape index (κ3) is 3.56. The van der Waals surface area contributed by atoms with E-state index in [9.17, 15) is 10.2 Å². The second kappa shape index (κ2) is 7.62. The molecule has 0 amide bonds. The van der Waals surface area contributed by atoms with Gasteiger partial charge in [-0.1, -0.05) is 63.1 Å². The fourth-order valence-electron chi connectivity index (χ4n) is 7.60. The summed E-state index contributed by atoms with van der Waals surface area (Å²) in [5, 5.41) is 20.5. The van der Waals surface area contributed by atoms with Crippen LogP contribution in [0, 0.1) is 40.4 Å². The Labute approximate surface area is 184 Å². The van der Waals surface area contributed by atoms with Crippen molar-refractivity contribution in [1.29, 1.82) is 0 Å². The van der Waals surface area contributed by atoms with E-state index in [0.717, 1.165) is 25.2 Å².